The van der Waals surface area contributed by atoms with Crippen LogP contribution in [0.25, 0.3) is 0 Å². The molecule has 4 rings (SSSR count). The number of pyridine rings is 2. The maximum Gasteiger partial charge on any atom is 0.367 e. The summed E-state index contributed by atoms with van der Waals surface area (Å²) in [5.41, 5.74) is 0.879. The van der Waals surface area contributed by atoms with Gasteiger partial charge in [0.2, 0.25) is 17.7 Å². The van der Waals surface area contributed by atoms with Crippen molar-refractivity contribution in [3.63, 3.8) is 0 Å². The molecule has 4 unspecified atom stereocenters. The zero-order valence-corrected chi connectivity index (χ0v) is 59.6. The molecule has 4 aromatic rings. The van der Waals surface area contributed by atoms with Gasteiger partial charge in [0.05, 0.1) is 125 Å². The second kappa shape index (κ2) is 54.1. The number of hydrogen-bond donors (Lipinski definition) is 12. The number of unbranched alkanes of at least 4 members (excludes halogenated alkanes) is 3. The van der Waals surface area contributed by atoms with Crippen molar-refractivity contribution in [2.24, 2.45) is 0 Å². The molecule has 34 heteroatoms. The van der Waals surface area contributed by atoms with Crippen molar-refractivity contribution >= 4 is 112 Å². The Bertz CT molecular complexity index is 3060. The van der Waals surface area contributed by atoms with E-state index >= 15 is 0 Å². The molecule has 12 N–H and O–H groups in total. The summed E-state index contributed by atoms with van der Waals surface area (Å²) < 4.78 is 49.2. The average molecular weight is 1500 g/mol. The van der Waals surface area contributed by atoms with Crippen LogP contribution in [0.2, 0.25) is 20.1 Å². The summed E-state index contributed by atoms with van der Waals surface area (Å²) in [5, 5.41) is 49.3. The van der Waals surface area contributed by atoms with Crippen LogP contribution in [0.3, 0.4) is 0 Å². The number of aromatic nitrogens is 2. The van der Waals surface area contributed by atoms with E-state index in [-0.39, 0.29) is 158 Å². The second-order valence-electron chi connectivity index (χ2n) is 22.2. The van der Waals surface area contributed by atoms with Gasteiger partial charge in [0.25, 0.3) is 0 Å². The van der Waals surface area contributed by atoms with Gasteiger partial charge in [-0.25, -0.2) is 24.2 Å². The summed E-state index contributed by atoms with van der Waals surface area (Å²) in [6, 6.07) is 15.8. The van der Waals surface area contributed by atoms with Crippen molar-refractivity contribution in [3.05, 3.63) is 116 Å². The van der Waals surface area contributed by atoms with Crippen LogP contribution < -0.4 is 57.8 Å². The van der Waals surface area contributed by atoms with Crippen molar-refractivity contribution in [1.29, 1.82) is 0 Å². The monoisotopic (exact) mass is 1490 g/mol. The molecule has 2 aromatic carbocycles. The Morgan fingerprint density at radius 3 is 1.17 bits per heavy atom. The number of carbonyl (C=O) groups is 7. The first kappa shape index (κ1) is 85.7. The molecule has 0 aliphatic carbocycles. The fraction of sp³-hybridized carbons (Fsp3) is 0.537. The quantitative estimate of drug-likeness (QED) is 0.0108. The van der Waals surface area contributed by atoms with Crippen molar-refractivity contribution in [3.8, 4) is 0 Å². The van der Waals surface area contributed by atoms with Crippen LogP contribution in [0.5, 0.6) is 0 Å². The van der Waals surface area contributed by atoms with Crippen molar-refractivity contribution in [2.75, 3.05) is 156 Å². The Hall–Kier alpha value is -7.68. The zero-order chi connectivity index (χ0) is 72.9. The highest BCUT2D eigenvalue weighted by Crippen LogP contribution is 2.27. The topological polar surface area (TPSA) is 394 Å². The van der Waals surface area contributed by atoms with Gasteiger partial charge in [-0.3, -0.25) is 29.3 Å². The Labute approximate surface area is 608 Å². The number of nitrogens with zero attached hydrogens (tertiary/aromatic N) is 3. The van der Waals surface area contributed by atoms with E-state index in [1.54, 1.807) is 24.5 Å². The normalized spacial score (nSPS) is 12.2. The number of urea groups is 2. The Kier molecular flexibility index (Phi) is 45.9. The SMILES string of the molecule is C=[N+]=C(NC(CC(=O)O)c1cc(Cl)cc(Cl)c1)C(COCCOCCOCCOCCNC(=O)NCCCCNC(=O)NCCOCCOCCOCCOCC(NC(=O)CCCCNc1ccccn1)C(=O)NC(CC(=O)O)c1cc(Cl)cc(Cl)c1)NC(=O)CCCCNc1ccccn1. The third-order valence-electron chi connectivity index (χ3n) is 14.1. The lowest BCUT2D eigenvalue weighted by molar-refractivity contribution is -0.139. The third-order valence-corrected chi connectivity index (χ3v) is 15.0. The van der Waals surface area contributed by atoms with Crippen LogP contribution in [-0.2, 0) is 61.9 Å². The predicted octanol–water partition coefficient (Wildman–Crippen LogP) is 5.74. The van der Waals surface area contributed by atoms with Gasteiger partial charge in [0, 0.05) is 84.6 Å². The number of carbonyl (C=O) groups excluding carboxylic acids is 5. The van der Waals surface area contributed by atoms with E-state index in [1.807, 2.05) is 36.4 Å². The Morgan fingerprint density at radius 2 is 0.782 bits per heavy atom. The van der Waals surface area contributed by atoms with Crippen LogP contribution in [0.4, 0.5) is 21.2 Å². The zero-order valence-electron chi connectivity index (χ0n) is 56.6. The number of carboxylic acids is 2. The molecule has 0 bridgehead atoms. The molecule has 4 atom stereocenters. The summed E-state index contributed by atoms with van der Waals surface area (Å²) in [6.07, 6.45) is 6.64. The van der Waals surface area contributed by atoms with E-state index < -0.39 is 48.4 Å². The second-order valence-corrected chi connectivity index (χ2v) is 24.0. The highest BCUT2D eigenvalue weighted by molar-refractivity contribution is 6.35. The van der Waals surface area contributed by atoms with E-state index in [0.29, 0.717) is 106 Å². The number of benzene rings is 2. The van der Waals surface area contributed by atoms with Gasteiger partial charge in [-0.15, -0.1) is 0 Å². The summed E-state index contributed by atoms with van der Waals surface area (Å²) in [7, 11) is 0. The maximum atomic E-state index is 13.6. The molecule has 2 aromatic heterocycles. The number of aliphatic carboxylic acids is 2. The van der Waals surface area contributed by atoms with Gasteiger partial charge in [-0.05, 0) is 110 Å². The van der Waals surface area contributed by atoms with Crippen molar-refractivity contribution in [1.82, 2.24) is 57.2 Å². The van der Waals surface area contributed by atoms with E-state index in [1.165, 1.54) is 24.3 Å². The minimum absolute atomic E-state index is 0.0317. The highest BCUT2D eigenvalue weighted by atomic mass is 35.5. The first-order valence-corrected chi connectivity index (χ1v) is 34.8. The van der Waals surface area contributed by atoms with E-state index in [4.69, 9.17) is 84.3 Å². The molecule has 0 fully saturated rings. The molecule has 0 radical (unpaired) electrons. The third kappa shape index (κ3) is 42.4. The fourth-order valence-corrected chi connectivity index (χ4v) is 10.3. The number of amidine groups is 1. The molecule has 2 heterocycles. The number of rotatable bonds is 57. The van der Waals surface area contributed by atoms with Gasteiger partial charge in [-0.1, -0.05) is 58.5 Å². The van der Waals surface area contributed by atoms with Gasteiger partial charge in [-0.2, -0.15) is 0 Å². The molecule has 0 saturated carbocycles. The lowest BCUT2D eigenvalue weighted by atomic mass is 10.0. The molecule has 101 heavy (non-hydrogen) atoms. The van der Waals surface area contributed by atoms with Crippen LogP contribution in [0, 0.1) is 0 Å². The molecule has 0 aliphatic heterocycles. The number of halogens is 4. The predicted molar refractivity (Wildman–Crippen MR) is 384 cm³/mol. The number of carboxylic acid groups (broad SMARTS) is 2. The molecular formula is C67H96Cl4N13O17+. The molecular weight excluding hydrogens is 1400 g/mol. The highest BCUT2D eigenvalue weighted by Gasteiger charge is 2.32. The number of nitrogens with one attached hydrogen (secondary N) is 10. The van der Waals surface area contributed by atoms with Crippen LogP contribution >= 0.6 is 46.4 Å². The average Bonchev–Trinajstić information content (AvgIpc) is 0.890. The number of ether oxygens (including phenoxy) is 8. The first-order valence-electron chi connectivity index (χ1n) is 33.3. The lowest BCUT2D eigenvalue weighted by Gasteiger charge is -2.23. The van der Waals surface area contributed by atoms with Gasteiger partial charge in [0.1, 0.15) is 23.7 Å². The Morgan fingerprint density at radius 1 is 0.426 bits per heavy atom. The van der Waals surface area contributed by atoms with Crippen molar-refractivity contribution < 1.29 is 81.7 Å². The summed E-state index contributed by atoms with van der Waals surface area (Å²) in [6.45, 7) is 9.44. The van der Waals surface area contributed by atoms with Crippen LogP contribution in [0.15, 0.2) is 85.2 Å². The fourth-order valence-electron chi connectivity index (χ4n) is 9.18. The molecule has 0 spiro atoms. The summed E-state index contributed by atoms with van der Waals surface area (Å²) in [4.78, 5) is 96.3. The molecule has 558 valence electrons. The minimum Gasteiger partial charge on any atom is -0.481 e. The minimum atomic E-state index is -1.17. The molecule has 30 nitrogen and oxygen atoms in total. The van der Waals surface area contributed by atoms with E-state index in [0.717, 1.165) is 11.6 Å². The summed E-state index contributed by atoms with van der Waals surface area (Å²) >= 11 is 24.8. The van der Waals surface area contributed by atoms with Crippen molar-refractivity contribution in [2.45, 2.75) is 88.4 Å². The van der Waals surface area contributed by atoms with Crippen LogP contribution in [-0.4, -0.2) is 232 Å². The number of anilines is 2. The smallest absolute Gasteiger partial charge is 0.367 e. The van der Waals surface area contributed by atoms with Gasteiger partial charge >= 0.3 is 29.8 Å². The summed E-state index contributed by atoms with van der Waals surface area (Å²) in [5.74, 6) is -1.92. The largest absolute Gasteiger partial charge is 0.481 e. The van der Waals surface area contributed by atoms with Gasteiger partial charge < -0.3 is 96.0 Å². The lowest BCUT2D eigenvalue weighted by Crippen LogP contribution is -2.51. The molecule has 0 saturated heterocycles. The standard InChI is InChI=1S/C67H95Cl4N13O17/c1-72-64(83-54(44-62(87)88)48-38-50(68)42-51(69)39-48)56(81-60(85)14-4-8-18-75-58-12-2-6-16-73-58)46-100-36-34-98-32-30-96-28-26-94-24-22-79-66(92)77-20-10-11-21-78-67(93)80-23-25-95-27-29-97-31-33-99-35-37-101-47-57(82-61(86)15-5-9-19-76-59-13-3-7-17-74-59)65(91)84-55(45-63(89)90)49-40-52(70)43-53(71)41-49/h2-3,6-7,12-13,16-17,38-43,54-57H,1,4-5,8-11,14-15,18-37,44-47H2,(H11,73,74,75,76,77,78,79,80,81,82,84,85,86,87,88,89,90,91,92,93)/p+1. The van der Waals surface area contributed by atoms with E-state index in [9.17, 15) is 43.8 Å². The molecule has 0 aliphatic rings. The first-order chi connectivity index (χ1) is 49.0. The van der Waals surface area contributed by atoms with E-state index in [2.05, 4.69) is 74.5 Å². The van der Waals surface area contributed by atoms with Gasteiger partial charge in [0.15, 0.2) is 12.8 Å². The molecule has 7 amide bonds. The van der Waals surface area contributed by atoms with Crippen LogP contribution in [0.1, 0.15) is 87.4 Å². The maximum absolute atomic E-state index is 13.6. The number of hydrogen-bond acceptors (Lipinski definition) is 19. The Balaban J connectivity index is 0.951. The number of amides is 7.